The molecule has 0 aromatic heterocycles. The Balaban J connectivity index is 1.94. The second-order valence-corrected chi connectivity index (χ2v) is 6.08. The molecule has 0 atom stereocenters. The van der Waals surface area contributed by atoms with E-state index >= 15 is 0 Å². The van der Waals surface area contributed by atoms with Crippen LogP contribution in [-0.2, 0) is 6.54 Å². The summed E-state index contributed by atoms with van der Waals surface area (Å²) in [6.07, 6.45) is 2.51. The summed E-state index contributed by atoms with van der Waals surface area (Å²) in [7, 11) is 4.35. The fraction of sp³-hybridized carbons (Fsp3) is 0.571. The first-order valence-corrected chi connectivity index (χ1v) is 7.29. The Kier molecular flexibility index (Phi) is 4.65. The summed E-state index contributed by atoms with van der Waals surface area (Å²) in [6.45, 7) is 3.33. The van der Waals surface area contributed by atoms with Crippen LogP contribution >= 0.6 is 15.9 Å². The predicted molar refractivity (Wildman–Crippen MR) is 80.5 cm³/mol. The zero-order valence-corrected chi connectivity index (χ0v) is 12.8. The minimum absolute atomic E-state index is 0.741. The van der Waals surface area contributed by atoms with E-state index in [-0.39, 0.29) is 0 Å². The Morgan fingerprint density at radius 3 is 2.61 bits per heavy atom. The van der Waals surface area contributed by atoms with Crippen molar-refractivity contribution < 1.29 is 0 Å². The van der Waals surface area contributed by atoms with Crippen molar-refractivity contribution in [2.45, 2.75) is 25.4 Å². The number of nitrogen functional groups attached to an aromatic ring is 1. The number of hydrogen-bond donors (Lipinski definition) is 1. The lowest BCUT2D eigenvalue weighted by Crippen LogP contribution is -2.41. The number of benzene rings is 1. The van der Waals surface area contributed by atoms with Gasteiger partial charge in [-0.25, -0.2) is 0 Å². The molecule has 18 heavy (non-hydrogen) atoms. The van der Waals surface area contributed by atoms with Gasteiger partial charge in [0.1, 0.15) is 0 Å². The molecule has 0 bridgehead atoms. The molecular formula is C14H22BrN3. The van der Waals surface area contributed by atoms with Crippen LogP contribution in [0.1, 0.15) is 18.4 Å². The SMILES string of the molecule is CN(C)C1CCN(Cc2cccc(N)c2Br)CC1. The van der Waals surface area contributed by atoms with Gasteiger partial charge in [-0.2, -0.15) is 0 Å². The minimum Gasteiger partial charge on any atom is -0.398 e. The highest BCUT2D eigenvalue weighted by Gasteiger charge is 2.21. The highest BCUT2D eigenvalue weighted by atomic mass is 79.9. The number of rotatable bonds is 3. The van der Waals surface area contributed by atoms with Gasteiger partial charge in [-0.15, -0.1) is 0 Å². The van der Waals surface area contributed by atoms with Crippen LogP contribution < -0.4 is 5.73 Å². The van der Waals surface area contributed by atoms with Gasteiger partial charge in [0, 0.05) is 22.7 Å². The summed E-state index contributed by atoms with van der Waals surface area (Å²) in [4.78, 5) is 4.85. The van der Waals surface area contributed by atoms with E-state index in [0.717, 1.165) is 22.7 Å². The van der Waals surface area contributed by atoms with Crippen molar-refractivity contribution in [3.63, 3.8) is 0 Å². The van der Waals surface area contributed by atoms with Crippen LogP contribution in [0.5, 0.6) is 0 Å². The van der Waals surface area contributed by atoms with Crippen molar-refractivity contribution in [2.75, 3.05) is 32.9 Å². The van der Waals surface area contributed by atoms with Gasteiger partial charge in [-0.1, -0.05) is 12.1 Å². The van der Waals surface area contributed by atoms with Gasteiger partial charge in [0.25, 0.3) is 0 Å². The first-order valence-electron chi connectivity index (χ1n) is 6.49. The largest absolute Gasteiger partial charge is 0.398 e. The lowest BCUT2D eigenvalue weighted by molar-refractivity contribution is 0.140. The summed E-state index contributed by atoms with van der Waals surface area (Å²) in [5.74, 6) is 0. The van der Waals surface area contributed by atoms with E-state index in [9.17, 15) is 0 Å². The first kappa shape index (κ1) is 13.8. The quantitative estimate of drug-likeness (QED) is 0.871. The molecule has 3 nitrogen and oxygen atoms in total. The highest BCUT2D eigenvalue weighted by Crippen LogP contribution is 2.26. The molecule has 1 fully saturated rings. The van der Waals surface area contributed by atoms with E-state index in [1.54, 1.807) is 0 Å². The molecule has 0 amide bonds. The fourth-order valence-corrected chi connectivity index (χ4v) is 2.95. The van der Waals surface area contributed by atoms with E-state index in [1.165, 1.54) is 31.5 Å². The standard InChI is InChI=1S/C14H22BrN3/c1-17(2)12-6-8-18(9-7-12)10-11-4-3-5-13(16)14(11)15/h3-5,12H,6-10,16H2,1-2H3. The maximum Gasteiger partial charge on any atom is 0.0461 e. The summed E-state index contributed by atoms with van der Waals surface area (Å²) < 4.78 is 1.06. The molecule has 0 radical (unpaired) electrons. The molecule has 1 aromatic carbocycles. The lowest BCUT2D eigenvalue weighted by Gasteiger charge is -2.35. The monoisotopic (exact) mass is 311 g/mol. The molecule has 100 valence electrons. The molecular weight excluding hydrogens is 290 g/mol. The van der Waals surface area contributed by atoms with Crippen LogP contribution in [0.4, 0.5) is 5.69 Å². The Morgan fingerprint density at radius 2 is 2.00 bits per heavy atom. The second kappa shape index (κ2) is 6.04. The average molecular weight is 312 g/mol. The Bertz CT molecular complexity index is 398. The van der Waals surface area contributed by atoms with Crippen molar-refractivity contribution in [3.05, 3.63) is 28.2 Å². The molecule has 1 aliphatic rings. The molecule has 0 aliphatic carbocycles. The molecule has 4 heteroatoms. The van der Waals surface area contributed by atoms with Gasteiger partial charge < -0.3 is 10.6 Å². The molecule has 2 N–H and O–H groups in total. The van der Waals surface area contributed by atoms with Crippen LogP contribution in [0.3, 0.4) is 0 Å². The summed E-state index contributed by atoms with van der Waals surface area (Å²) >= 11 is 3.58. The smallest absolute Gasteiger partial charge is 0.0461 e. The van der Waals surface area contributed by atoms with Gasteiger partial charge in [0.05, 0.1) is 0 Å². The number of likely N-dealkylation sites (tertiary alicyclic amines) is 1. The minimum atomic E-state index is 0.741. The van der Waals surface area contributed by atoms with Crippen LogP contribution in [0.15, 0.2) is 22.7 Å². The molecule has 1 aromatic rings. The van der Waals surface area contributed by atoms with E-state index < -0.39 is 0 Å². The third kappa shape index (κ3) is 3.25. The average Bonchev–Trinajstić information content (AvgIpc) is 2.36. The Hall–Kier alpha value is -0.580. The zero-order chi connectivity index (χ0) is 13.1. The molecule has 1 heterocycles. The topological polar surface area (TPSA) is 32.5 Å². The molecule has 1 aliphatic heterocycles. The van der Waals surface area contributed by atoms with Crippen LogP contribution in [0.25, 0.3) is 0 Å². The highest BCUT2D eigenvalue weighted by molar-refractivity contribution is 9.10. The van der Waals surface area contributed by atoms with Gasteiger partial charge in [-0.05, 0) is 67.6 Å². The summed E-state index contributed by atoms with van der Waals surface area (Å²) in [6, 6.07) is 6.86. The lowest BCUT2D eigenvalue weighted by atomic mass is 10.0. The summed E-state index contributed by atoms with van der Waals surface area (Å²) in [5.41, 5.74) is 8.03. The third-order valence-electron chi connectivity index (χ3n) is 3.79. The van der Waals surface area contributed by atoms with Crippen molar-refractivity contribution in [1.29, 1.82) is 0 Å². The molecule has 0 spiro atoms. The van der Waals surface area contributed by atoms with E-state index in [4.69, 9.17) is 5.73 Å². The van der Waals surface area contributed by atoms with Crippen LogP contribution in [0, 0.1) is 0 Å². The van der Waals surface area contributed by atoms with Gasteiger partial charge in [0.2, 0.25) is 0 Å². The van der Waals surface area contributed by atoms with Gasteiger partial charge in [0.15, 0.2) is 0 Å². The van der Waals surface area contributed by atoms with Crippen molar-refractivity contribution >= 4 is 21.6 Å². The predicted octanol–water partition coefficient (Wildman–Crippen LogP) is 2.56. The third-order valence-corrected chi connectivity index (χ3v) is 4.76. The second-order valence-electron chi connectivity index (χ2n) is 5.29. The molecule has 0 unspecified atom stereocenters. The van der Waals surface area contributed by atoms with Crippen LogP contribution in [0.2, 0.25) is 0 Å². The maximum atomic E-state index is 5.92. The van der Waals surface area contributed by atoms with Gasteiger partial charge in [-0.3, -0.25) is 4.90 Å². The number of anilines is 1. The number of hydrogen-bond acceptors (Lipinski definition) is 3. The number of nitrogens with zero attached hydrogens (tertiary/aromatic N) is 2. The van der Waals surface area contributed by atoms with Crippen molar-refractivity contribution in [1.82, 2.24) is 9.80 Å². The number of halogens is 1. The molecule has 0 saturated carbocycles. The summed E-state index contributed by atoms with van der Waals surface area (Å²) in [5, 5.41) is 0. The Morgan fingerprint density at radius 1 is 1.33 bits per heavy atom. The molecule has 2 rings (SSSR count). The number of piperidine rings is 1. The Labute approximate surface area is 118 Å². The maximum absolute atomic E-state index is 5.92. The van der Waals surface area contributed by atoms with Crippen LogP contribution in [-0.4, -0.2) is 43.0 Å². The normalized spacial score (nSPS) is 18.4. The first-order chi connectivity index (χ1) is 8.58. The van der Waals surface area contributed by atoms with E-state index in [0.29, 0.717) is 0 Å². The zero-order valence-electron chi connectivity index (χ0n) is 11.2. The van der Waals surface area contributed by atoms with E-state index in [1.807, 2.05) is 12.1 Å². The number of nitrogens with two attached hydrogens (primary N) is 1. The van der Waals surface area contributed by atoms with Crippen molar-refractivity contribution in [3.8, 4) is 0 Å². The fourth-order valence-electron chi connectivity index (χ4n) is 2.56. The molecule has 1 saturated heterocycles. The van der Waals surface area contributed by atoms with Crippen molar-refractivity contribution in [2.24, 2.45) is 0 Å². The van der Waals surface area contributed by atoms with Gasteiger partial charge >= 0.3 is 0 Å². The van der Waals surface area contributed by atoms with E-state index in [2.05, 4.69) is 45.9 Å².